The van der Waals surface area contributed by atoms with Crippen molar-refractivity contribution in [3.63, 3.8) is 0 Å². The molecule has 0 aliphatic rings. The fraction of sp³-hybridized carbons (Fsp3) is 0.0714. The lowest BCUT2D eigenvalue weighted by molar-refractivity contribution is 0.535. The van der Waals surface area contributed by atoms with Gasteiger partial charge in [-0.15, -0.1) is 0 Å². The molecule has 0 saturated carbocycles. The summed E-state index contributed by atoms with van der Waals surface area (Å²) in [5, 5.41) is 7.68. The van der Waals surface area contributed by atoms with Crippen molar-refractivity contribution in [2.75, 3.05) is 5.73 Å². The summed E-state index contributed by atoms with van der Waals surface area (Å²) in [5.41, 5.74) is 9.46. The SMILES string of the molecule is Cc1cc(-c2[nH]nc(N)c2-c2cccc(Cl)c2)co1. The molecule has 2 aromatic heterocycles. The molecule has 2 heterocycles. The van der Waals surface area contributed by atoms with Gasteiger partial charge >= 0.3 is 0 Å². The zero-order valence-corrected chi connectivity index (χ0v) is 11.0. The second-order valence-electron chi connectivity index (χ2n) is 4.32. The van der Waals surface area contributed by atoms with Crippen LogP contribution in [0.15, 0.2) is 41.0 Å². The minimum absolute atomic E-state index is 0.441. The predicted octanol–water partition coefficient (Wildman–Crippen LogP) is 3.88. The second-order valence-corrected chi connectivity index (χ2v) is 4.75. The van der Waals surface area contributed by atoms with E-state index in [1.165, 1.54) is 0 Å². The summed E-state index contributed by atoms with van der Waals surface area (Å²) >= 11 is 6.03. The Balaban J connectivity index is 2.19. The van der Waals surface area contributed by atoms with Crippen molar-refractivity contribution in [2.45, 2.75) is 6.92 Å². The highest BCUT2D eigenvalue weighted by atomic mass is 35.5. The Hall–Kier alpha value is -2.20. The molecule has 0 atom stereocenters. The van der Waals surface area contributed by atoms with Crippen molar-refractivity contribution in [2.24, 2.45) is 0 Å². The lowest BCUT2D eigenvalue weighted by atomic mass is 10.0. The standard InChI is InChI=1S/C14H12ClN3O/c1-8-5-10(7-19-8)13-12(14(16)18-17-13)9-3-2-4-11(15)6-9/h2-7H,1H3,(H3,16,17,18). The fourth-order valence-electron chi connectivity index (χ4n) is 2.08. The van der Waals surface area contributed by atoms with E-state index in [4.69, 9.17) is 21.8 Å². The number of nitrogens with one attached hydrogen (secondary N) is 1. The average molecular weight is 274 g/mol. The number of benzene rings is 1. The summed E-state index contributed by atoms with van der Waals surface area (Å²) in [6.07, 6.45) is 1.68. The summed E-state index contributed by atoms with van der Waals surface area (Å²) < 4.78 is 5.33. The molecule has 0 radical (unpaired) electrons. The minimum Gasteiger partial charge on any atom is -0.469 e. The third-order valence-corrected chi connectivity index (χ3v) is 3.16. The number of aromatic nitrogens is 2. The predicted molar refractivity (Wildman–Crippen MR) is 75.9 cm³/mol. The van der Waals surface area contributed by atoms with Crippen LogP contribution in [0.3, 0.4) is 0 Å². The molecule has 0 saturated heterocycles. The first-order valence-electron chi connectivity index (χ1n) is 5.80. The van der Waals surface area contributed by atoms with Crippen LogP contribution in [-0.2, 0) is 0 Å². The molecule has 0 amide bonds. The van der Waals surface area contributed by atoms with E-state index in [0.29, 0.717) is 10.8 Å². The molecule has 0 aliphatic heterocycles. The van der Waals surface area contributed by atoms with Crippen molar-refractivity contribution >= 4 is 17.4 Å². The molecule has 3 aromatic rings. The fourth-order valence-corrected chi connectivity index (χ4v) is 2.27. The maximum absolute atomic E-state index is 6.03. The molecule has 0 spiro atoms. The number of H-pyrrole nitrogens is 1. The molecule has 19 heavy (non-hydrogen) atoms. The van der Waals surface area contributed by atoms with E-state index >= 15 is 0 Å². The van der Waals surface area contributed by atoms with Gasteiger partial charge in [-0.2, -0.15) is 5.10 Å². The maximum Gasteiger partial charge on any atom is 0.153 e. The van der Waals surface area contributed by atoms with E-state index in [-0.39, 0.29) is 0 Å². The number of anilines is 1. The van der Waals surface area contributed by atoms with E-state index in [2.05, 4.69) is 10.2 Å². The lowest BCUT2D eigenvalue weighted by Gasteiger charge is -2.03. The number of hydrogen-bond acceptors (Lipinski definition) is 3. The smallest absolute Gasteiger partial charge is 0.153 e. The number of aromatic amines is 1. The van der Waals surface area contributed by atoms with Crippen molar-refractivity contribution in [1.29, 1.82) is 0 Å². The van der Waals surface area contributed by atoms with Crippen LogP contribution in [0.25, 0.3) is 22.4 Å². The number of hydrogen-bond donors (Lipinski definition) is 2. The molecule has 0 bridgehead atoms. The third-order valence-electron chi connectivity index (χ3n) is 2.93. The second kappa shape index (κ2) is 4.48. The van der Waals surface area contributed by atoms with Gasteiger partial charge in [0, 0.05) is 10.6 Å². The van der Waals surface area contributed by atoms with Crippen LogP contribution in [0.2, 0.25) is 5.02 Å². The quantitative estimate of drug-likeness (QED) is 0.744. The van der Waals surface area contributed by atoms with Gasteiger partial charge < -0.3 is 10.2 Å². The van der Waals surface area contributed by atoms with Crippen LogP contribution in [0.5, 0.6) is 0 Å². The van der Waals surface area contributed by atoms with Gasteiger partial charge in [0.15, 0.2) is 5.82 Å². The van der Waals surface area contributed by atoms with Crippen LogP contribution < -0.4 is 5.73 Å². The molecule has 4 nitrogen and oxygen atoms in total. The average Bonchev–Trinajstić information content (AvgIpc) is 2.95. The van der Waals surface area contributed by atoms with Crippen LogP contribution in [-0.4, -0.2) is 10.2 Å². The zero-order valence-electron chi connectivity index (χ0n) is 10.3. The largest absolute Gasteiger partial charge is 0.469 e. The Bertz CT molecular complexity index is 730. The van der Waals surface area contributed by atoms with Gasteiger partial charge in [0.05, 0.1) is 11.3 Å². The van der Waals surface area contributed by atoms with Gasteiger partial charge in [-0.1, -0.05) is 23.7 Å². The van der Waals surface area contributed by atoms with Gasteiger partial charge in [-0.3, -0.25) is 5.10 Å². The van der Waals surface area contributed by atoms with Crippen LogP contribution in [0.1, 0.15) is 5.76 Å². The normalized spacial score (nSPS) is 10.8. The molecule has 3 rings (SSSR count). The number of furan rings is 1. The first-order valence-corrected chi connectivity index (χ1v) is 6.18. The van der Waals surface area contributed by atoms with E-state index < -0.39 is 0 Å². The Morgan fingerprint density at radius 3 is 2.79 bits per heavy atom. The molecule has 1 aromatic carbocycles. The first-order chi connectivity index (χ1) is 9.15. The molecule has 3 N–H and O–H groups in total. The Morgan fingerprint density at radius 2 is 2.11 bits per heavy atom. The molecule has 96 valence electrons. The van der Waals surface area contributed by atoms with Crippen LogP contribution in [0, 0.1) is 6.92 Å². The zero-order chi connectivity index (χ0) is 13.4. The highest BCUT2D eigenvalue weighted by Gasteiger charge is 2.16. The molecular formula is C14H12ClN3O. The summed E-state index contributed by atoms with van der Waals surface area (Å²) in [7, 11) is 0. The van der Waals surface area contributed by atoms with E-state index in [1.54, 1.807) is 6.26 Å². The Labute approximate surface area is 115 Å². The number of nitrogens with zero attached hydrogens (tertiary/aromatic N) is 1. The van der Waals surface area contributed by atoms with Gasteiger partial charge in [-0.05, 0) is 30.7 Å². The number of nitrogen functional groups attached to an aromatic ring is 1. The van der Waals surface area contributed by atoms with Gasteiger partial charge in [0.25, 0.3) is 0 Å². The highest BCUT2D eigenvalue weighted by molar-refractivity contribution is 6.30. The van der Waals surface area contributed by atoms with Crippen molar-refractivity contribution in [3.8, 4) is 22.4 Å². The number of rotatable bonds is 2. The number of halogens is 1. The summed E-state index contributed by atoms with van der Waals surface area (Å²) in [4.78, 5) is 0. The summed E-state index contributed by atoms with van der Waals surface area (Å²) in [6.45, 7) is 1.89. The number of aryl methyl sites for hydroxylation is 1. The minimum atomic E-state index is 0.441. The third kappa shape index (κ3) is 2.11. The first kappa shape index (κ1) is 11.9. The molecule has 0 unspecified atom stereocenters. The van der Waals surface area contributed by atoms with Gasteiger partial charge in [0.2, 0.25) is 0 Å². The molecular weight excluding hydrogens is 262 g/mol. The van der Waals surface area contributed by atoms with E-state index in [9.17, 15) is 0 Å². The lowest BCUT2D eigenvalue weighted by Crippen LogP contribution is -1.88. The molecule has 0 aliphatic carbocycles. The van der Waals surface area contributed by atoms with Crippen molar-refractivity contribution in [1.82, 2.24) is 10.2 Å². The van der Waals surface area contributed by atoms with Crippen molar-refractivity contribution < 1.29 is 4.42 Å². The highest BCUT2D eigenvalue weighted by Crippen LogP contribution is 2.36. The van der Waals surface area contributed by atoms with Crippen LogP contribution >= 0.6 is 11.6 Å². The topological polar surface area (TPSA) is 67.8 Å². The monoisotopic (exact) mass is 273 g/mol. The van der Waals surface area contributed by atoms with Crippen molar-refractivity contribution in [3.05, 3.63) is 47.4 Å². The van der Waals surface area contributed by atoms with Gasteiger partial charge in [0.1, 0.15) is 12.0 Å². The van der Waals surface area contributed by atoms with Crippen LogP contribution in [0.4, 0.5) is 5.82 Å². The van der Waals surface area contributed by atoms with E-state index in [1.807, 2.05) is 37.3 Å². The maximum atomic E-state index is 6.03. The summed E-state index contributed by atoms with van der Waals surface area (Å²) in [5.74, 6) is 1.27. The summed E-state index contributed by atoms with van der Waals surface area (Å²) in [6, 6.07) is 9.45. The molecule has 5 heteroatoms. The molecule has 0 fully saturated rings. The van der Waals surface area contributed by atoms with E-state index in [0.717, 1.165) is 28.1 Å². The Kier molecular flexibility index (Phi) is 2.80. The number of nitrogens with two attached hydrogens (primary N) is 1. The Morgan fingerprint density at radius 1 is 1.26 bits per heavy atom. The van der Waals surface area contributed by atoms with Gasteiger partial charge in [-0.25, -0.2) is 0 Å².